The van der Waals surface area contributed by atoms with Crippen molar-refractivity contribution in [3.05, 3.63) is 44.8 Å². The van der Waals surface area contributed by atoms with E-state index in [1.54, 1.807) is 22.7 Å². The molecule has 3 nitrogen and oxygen atoms in total. The maximum Gasteiger partial charge on any atom is 0.0508 e. The van der Waals surface area contributed by atoms with Crippen LogP contribution in [0, 0.1) is 11.3 Å². The van der Waals surface area contributed by atoms with Gasteiger partial charge in [0.2, 0.25) is 0 Å². The second kappa shape index (κ2) is 7.89. The molecule has 2 fully saturated rings. The number of hydrogen-bond donors (Lipinski definition) is 0. The van der Waals surface area contributed by atoms with Crippen molar-refractivity contribution in [1.29, 1.82) is 0 Å². The number of ether oxygens (including phenoxy) is 1. The summed E-state index contributed by atoms with van der Waals surface area (Å²) in [7, 11) is 1.86. The Balaban J connectivity index is 1.38. The third-order valence-electron chi connectivity index (χ3n) is 6.08. The van der Waals surface area contributed by atoms with Gasteiger partial charge in [-0.1, -0.05) is 0 Å². The Morgan fingerprint density at radius 2 is 1.68 bits per heavy atom. The van der Waals surface area contributed by atoms with E-state index in [-0.39, 0.29) is 0 Å². The van der Waals surface area contributed by atoms with E-state index >= 15 is 0 Å². The van der Waals surface area contributed by atoms with Crippen molar-refractivity contribution in [3.63, 3.8) is 0 Å². The van der Waals surface area contributed by atoms with Gasteiger partial charge in [0, 0.05) is 39.2 Å². The highest BCUT2D eigenvalue weighted by atomic mass is 32.1. The lowest BCUT2D eigenvalue weighted by Gasteiger charge is -2.42. The molecule has 2 aliphatic heterocycles. The van der Waals surface area contributed by atoms with Crippen LogP contribution in [0.5, 0.6) is 0 Å². The molecule has 2 saturated heterocycles. The van der Waals surface area contributed by atoms with Gasteiger partial charge in [0.25, 0.3) is 0 Å². The zero-order valence-electron chi connectivity index (χ0n) is 15.0. The Hall–Kier alpha value is -0.720. The zero-order valence-corrected chi connectivity index (χ0v) is 16.7. The summed E-state index contributed by atoms with van der Waals surface area (Å²) in [6.07, 6.45) is 2.62. The van der Waals surface area contributed by atoms with Crippen LogP contribution in [0.3, 0.4) is 0 Å². The van der Waals surface area contributed by atoms with Crippen molar-refractivity contribution < 1.29 is 4.74 Å². The lowest BCUT2D eigenvalue weighted by molar-refractivity contribution is 0.0351. The van der Waals surface area contributed by atoms with E-state index in [0.29, 0.717) is 11.3 Å². The third-order valence-corrected chi connectivity index (χ3v) is 7.54. The van der Waals surface area contributed by atoms with Crippen LogP contribution in [0.4, 0.5) is 0 Å². The quantitative estimate of drug-likeness (QED) is 0.752. The fraction of sp³-hybridized carbons (Fsp3) is 0.600. The lowest BCUT2D eigenvalue weighted by atomic mass is 9.71. The number of thiophene rings is 2. The third kappa shape index (κ3) is 4.01. The molecule has 0 saturated carbocycles. The van der Waals surface area contributed by atoms with Gasteiger partial charge >= 0.3 is 0 Å². The molecule has 1 atom stereocenters. The van der Waals surface area contributed by atoms with E-state index in [0.717, 1.165) is 19.7 Å². The largest absolute Gasteiger partial charge is 0.384 e. The van der Waals surface area contributed by atoms with Crippen molar-refractivity contribution in [2.24, 2.45) is 11.3 Å². The monoisotopic (exact) mass is 376 g/mol. The maximum atomic E-state index is 5.61. The predicted molar refractivity (Wildman–Crippen MR) is 106 cm³/mol. The standard InChI is InChI=1S/C20H28N2OS2/c1-23-13-19-12-22(11-18-3-9-25-15-18)16-20(19)4-6-21(7-5-20)10-17-2-8-24-14-17/h2-3,8-9,14-15,19H,4-7,10-13,16H2,1H3. The Morgan fingerprint density at radius 3 is 2.24 bits per heavy atom. The van der Waals surface area contributed by atoms with Crippen molar-refractivity contribution in [1.82, 2.24) is 9.80 Å². The minimum atomic E-state index is 0.456. The average molecular weight is 377 g/mol. The first-order chi connectivity index (χ1) is 12.3. The summed E-state index contributed by atoms with van der Waals surface area (Å²) in [5, 5.41) is 8.96. The number of rotatable bonds is 6. The highest BCUT2D eigenvalue weighted by molar-refractivity contribution is 7.08. The molecule has 0 amide bonds. The molecule has 2 aromatic heterocycles. The van der Waals surface area contributed by atoms with Gasteiger partial charge in [-0.25, -0.2) is 0 Å². The molecule has 136 valence electrons. The second-order valence-electron chi connectivity index (χ2n) is 7.72. The van der Waals surface area contributed by atoms with Gasteiger partial charge in [0.15, 0.2) is 0 Å². The Labute approximate surface area is 159 Å². The van der Waals surface area contributed by atoms with E-state index in [1.165, 1.54) is 50.1 Å². The molecule has 0 aliphatic carbocycles. The SMILES string of the molecule is COCC1CN(Cc2ccsc2)CC12CCN(Cc1ccsc1)CC2. The second-order valence-corrected chi connectivity index (χ2v) is 9.28. The first-order valence-electron chi connectivity index (χ1n) is 9.23. The molecule has 0 bridgehead atoms. The minimum absolute atomic E-state index is 0.456. The molecule has 25 heavy (non-hydrogen) atoms. The van der Waals surface area contributed by atoms with Crippen LogP contribution in [0.1, 0.15) is 24.0 Å². The molecule has 4 rings (SSSR count). The molecule has 2 aliphatic rings. The van der Waals surface area contributed by atoms with Crippen molar-refractivity contribution in [2.45, 2.75) is 25.9 Å². The zero-order chi connectivity index (χ0) is 17.1. The van der Waals surface area contributed by atoms with Gasteiger partial charge in [-0.2, -0.15) is 22.7 Å². The molecule has 0 aromatic carbocycles. The molecule has 1 unspecified atom stereocenters. The molecule has 0 radical (unpaired) electrons. The summed E-state index contributed by atoms with van der Waals surface area (Å²) >= 11 is 3.61. The van der Waals surface area contributed by atoms with Gasteiger partial charge in [-0.15, -0.1) is 0 Å². The highest BCUT2D eigenvalue weighted by Crippen LogP contribution is 2.45. The highest BCUT2D eigenvalue weighted by Gasteiger charge is 2.47. The van der Waals surface area contributed by atoms with E-state index in [4.69, 9.17) is 4.74 Å². The van der Waals surface area contributed by atoms with Crippen molar-refractivity contribution in [2.75, 3.05) is 39.9 Å². The molecule has 0 N–H and O–H groups in total. The number of methoxy groups -OCH3 is 1. The van der Waals surface area contributed by atoms with Crippen LogP contribution in [-0.4, -0.2) is 49.7 Å². The molecule has 2 aromatic rings. The Morgan fingerprint density at radius 1 is 1.04 bits per heavy atom. The van der Waals surface area contributed by atoms with E-state index in [9.17, 15) is 0 Å². The lowest BCUT2D eigenvalue weighted by Crippen LogP contribution is -2.44. The van der Waals surface area contributed by atoms with Gasteiger partial charge < -0.3 is 4.74 Å². The number of likely N-dealkylation sites (tertiary alicyclic amines) is 2. The number of piperidine rings is 1. The maximum absolute atomic E-state index is 5.61. The summed E-state index contributed by atoms with van der Waals surface area (Å²) in [4.78, 5) is 5.30. The smallest absolute Gasteiger partial charge is 0.0508 e. The molecular weight excluding hydrogens is 348 g/mol. The van der Waals surface area contributed by atoms with Crippen LogP contribution in [0.25, 0.3) is 0 Å². The Kier molecular flexibility index (Phi) is 5.58. The van der Waals surface area contributed by atoms with Crippen LogP contribution in [0.15, 0.2) is 33.7 Å². The summed E-state index contributed by atoms with van der Waals surface area (Å²) in [5.41, 5.74) is 3.39. The molecule has 4 heterocycles. The number of hydrogen-bond acceptors (Lipinski definition) is 5. The average Bonchev–Trinajstić information content (AvgIpc) is 3.34. The Bertz CT molecular complexity index is 633. The predicted octanol–water partition coefficient (Wildman–Crippen LogP) is 4.17. The van der Waals surface area contributed by atoms with Crippen LogP contribution in [0.2, 0.25) is 0 Å². The van der Waals surface area contributed by atoms with Gasteiger partial charge in [-0.05, 0) is 76.1 Å². The summed E-state index contributed by atoms with van der Waals surface area (Å²) in [5.74, 6) is 0.680. The first kappa shape index (κ1) is 17.7. The molecule has 1 spiro atoms. The summed E-state index contributed by atoms with van der Waals surface area (Å²) in [6.45, 7) is 8.00. The van der Waals surface area contributed by atoms with E-state index in [1.807, 2.05) is 7.11 Å². The first-order valence-corrected chi connectivity index (χ1v) is 11.1. The number of nitrogens with zero attached hydrogens (tertiary/aromatic N) is 2. The fourth-order valence-corrected chi connectivity index (χ4v) is 6.02. The van der Waals surface area contributed by atoms with Crippen LogP contribution >= 0.6 is 22.7 Å². The molecular formula is C20H28N2OS2. The fourth-order valence-electron chi connectivity index (χ4n) is 4.70. The van der Waals surface area contributed by atoms with Crippen molar-refractivity contribution in [3.8, 4) is 0 Å². The van der Waals surface area contributed by atoms with Gasteiger partial charge in [-0.3, -0.25) is 9.80 Å². The topological polar surface area (TPSA) is 15.7 Å². The van der Waals surface area contributed by atoms with Crippen molar-refractivity contribution >= 4 is 22.7 Å². The van der Waals surface area contributed by atoms with Crippen LogP contribution < -0.4 is 0 Å². The summed E-state index contributed by atoms with van der Waals surface area (Å²) in [6, 6.07) is 4.53. The van der Waals surface area contributed by atoms with Crippen LogP contribution in [-0.2, 0) is 17.8 Å². The van der Waals surface area contributed by atoms with E-state index < -0.39 is 0 Å². The summed E-state index contributed by atoms with van der Waals surface area (Å²) < 4.78 is 5.61. The van der Waals surface area contributed by atoms with Gasteiger partial charge in [0.1, 0.15) is 0 Å². The van der Waals surface area contributed by atoms with E-state index in [2.05, 4.69) is 43.5 Å². The normalized spacial score (nSPS) is 24.3. The minimum Gasteiger partial charge on any atom is -0.384 e. The van der Waals surface area contributed by atoms with Gasteiger partial charge in [0.05, 0.1) is 6.61 Å². The molecule has 5 heteroatoms.